The number of carbonyl (C=O) groups excluding carboxylic acids is 1. The van der Waals surface area contributed by atoms with E-state index in [-0.39, 0.29) is 17.3 Å². The predicted molar refractivity (Wildman–Crippen MR) is 100 cm³/mol. The second-order valence-corrected chi connectivity index (χ2v) is 7.48. The summed E-state index contributed by atoms with van der Waals surface area (Å²) < 4.78 is 27.2. The minimum Gasteiger partial charge on any atom is -0.348 e. The predicted octanol–water partition coefficient (Wildman–Crippen LogP) is 1.89. The third-order valence-corrected chi connectivity index (χ3v) is 5.22. The van der Waals surface area contributed by atoms with Crippen molar-refractivity contribution < 1.29 is 13.2 Å². The maximum Gasteiger partial charge on any atom is 0.251 e. The molecular formula is C19H18N4O3S. The zero-order chi connectivity index (χ0) is 19.1. The van der Waals surface area contributed by atoms with Crippen molar-refractivity contribution in [2.45, 2.75) is 18.0 Å². The van der Waals surface area contributed by atoms with Gasteiger partial charge in [0.05, 0.1) is 17.1 Å². The van der Waals surface area contributed by atoms with Crippen molar-refractivity contribution >= 4 is 15.9 Å². The quantitative estimate of drug-likeness (QED) is 0.650. The van der Waals surface area contributed by atoms with Gasteiger partial charge in [-0.15, -0.1) is 0 Å². The molecule has 0 aliphatic heterocycles. The molecule has 27 heavy (non-hydrogen) atoms. The number of rotatable bonds is 7. The summed E-state index contributed by atoms with van der Waals surface area (Å²) in [5.41, 5.74) is 1.93. The molecule has 3 rings (SSSR count). The monoisotopic (exact) mass is 382 g/mol. The van der Waals surface area contributed by atoms with Crippen LogP contribution in [-0.4, -0.2) is 24.3 Å². The Morgan fingerprint density at radius 2 is 1.63 bits per heavy atom. The third-order valence-electron chi connectivity index (χ3n) is 3.80. The van der Waals surface area contributed by atoms with Crippen molar-refractivity contribution in [3.8, 4) is 0 Å². The normalized spacial score (nSPS) is 11.1. The summed E-state index contributed by atoms with van der Waals surface area (Å²) in [5, 5.41) is 2.78. The summed E-state index contributed by atoms with van der Waals surface area (Å²) in [4.78, 5) is 20.3. The molecular weight excluding hydrogens is 364 g/mol. The van der Waals surface area contributed by atoms with Crippen LogP contribution in [0, 0.1) is 0 Å². The molecule has 138 valence electrons. The van der Waals surface area contributed by atoms with Crippen LogP contribution in [0.5, 0.6) is 0 Å². The molecule has 0 saturated heterocycles. The molecule has 8 heteroatoms. The van der Waals surface area contributed by atoms with Crippen LogP contribution in [0.3, 0.4) is 0 Å². The minimum atomic E-state index is -3.68. The van der Waals surface area contributed by atoms with E-state index in [0.717, 1.165) is 5.56 Å². The maximum absolute atomic E-state index is 12.4. The van der Waals surface area contributed by atoms with Crippen LogP contribution in [0.15, 0.2) is 78.1 Å². The number of carbonyl (C=O) groups is 1. The van der Waals surface area contributed by atoms with E-state index in [4.69, 9.17) is 0 Å². The van der Waals surface area contributed by atoms with Crippen molar-refractivity contribution in [1.82, 2.24) is 20.0 Å². The van der Waals surface area contributed by atoms with Crippen LogP contribution in [0.25, 0.3) is 0 Å². The Labute approximate surface area is 157 Å². The molecule has 2 aromatic heterocycles. The standard InChI is InChI=1S/C19H18N4O3S/c24-19(22-13-15-8-11-20-12-9-15)16-4-6-18(7-5-16)27(25,26)23-14-17-3-1-2-10-21-17/h1-12,23H,13-14H2,(H,22,24). The number of hydrogen-bond acceptors (Lipinski definition) is 5. The number of aromatic nitrogens is 2. The highest BCUT2D eigenvalue weighted by Gasteiger charge is 2.15. The fourth-order valence-corrected chi connectivity index (χ4v) is 3.32. The lowest BCUT2D eigenvalue weighted by atomic mass is 10.2. The largest absolute Gasteiger partial charge is 0.348 e. The summed E-state index contributed by atoms with van der Waals surface area (Å²) in [6.07, 6.45) is 4.90. The SMILES string of the molecule is O=C(NCc1ccncc1)c1ccc(S(=O)(=O)NCc2ccccn2)cc1. The number of benzene rings is 1. The van der Waals surface area contributed by atoms with Gasteiger partial charge in [0.2, 0.25) is 10.0 Å². The van der Waals surface area contributed by atoms with Crippen molar-refractivity contribution in [2.24, 2.45) is 0 Å². The first-order valence-corrected chi connectivity index (χ1v) is 9.70. The lowest BCUT2D eigenvalue weighted by Crippen LogP contribution is -2.24. The number of pyridine rings is 2. The van der Waals surface area contributed by atoms with Gasteiger partial charge in [-0.25, -0.2) is 13.1 Å². The average Bonchev–Trinajstić information content (AvgIpc) is 2.72. The van der Waals surface area contributed by atoms with Gasteiger partial charge in [-0.1, -0.05) is 6.07 Å². The molecule has 0 saturated carbocycles. The van der Waals surface area contributed by atoms with Gasteiger partial charge in [0.1, 0.15) is 0 Å². The highest BCUT2D eigenvalue weighted by molar-refractivity contribution is 7.89. The van der Waals surface area contributed by atoms with Crippen molar-refractivity contribution in [3.05, 3.63) is 90.0 Å². The number of nitrogens with zero attached hydrogens (tertiary/aromatic N) is 2. The van der Waals surface area contributed by atoms with E-state index in [9.17, 15) is 13.2 Å². The van der Waals surface area contributed by atoms with Gasteiger partial charge in [-0.05, 0) is 54.1 Å². The van der Waals surface area contributed by atoms with E-state index in [1.165, 1.54) is 24.3 Å². The summed E-state index contributed by atoms with van der Waals surface area (Å²) in [6, 6.07) is 14.7. The number of hydrogen-bond donors (Lipinski definition) is 2. The van der Waals surface area contributed by atoms with Crippen LogP contribution in [0.2, 0.25) is 0 Å². The summed E-state index contributed by atoms with van der Waals surface area (Å²) in [6.45, 7) is 0.463. The second kappa shape index (κ2) is 8.52. The van der Waals surface area contributed by atoms with Gasteiger partial charge in [-0.2, -0.15) is 0 Å². The number of sulfonamides is 1. The van der Waals surface area contributed by atoms with E-state index in [1.54, 1.807) is 36.8 Å². The summed E-state index contributed by atoms with van der Waals surface area (Å²) in [5.74, 6) is -0.280. The molecule has 1 aromatic carbocycles. The van der Waals surface area contributed by atoms with E-state index < -0.39 is 10.0 Å². The van der Waals surface area contributed by atoms with Gasteiger partial charge in [0.25, 0.3) is 5.91 Å². The third kappa shape index (κ3) is 5.19. The molecule has 2 heterocycles. The minimum absolute atomic E-state index is 0.0871. The zero-order valence-corrected chi connectivity index (χ0v) is 15.2. The fraction of sp³-hybridized carbons (Fsp3) is 0.105. The van der Waals surface area contributed by atoms with Gasteiger partial charge < -0.3 is 5.32 Å². The van der Waals surface area contributed by atoms with Crippen LogP contribution in [-0.2, 0) is 23.1 Å². The Morgan fingerprint density at radius 3 is 2.30 bits per heavy atom. The Kier molecular flexibility index (Phi) is 5.90. The molecule has 0 radical (unpaired) electrons. The van der Waals surface area contributed by atoms with Crippen molar-refractivity contribution in [3.63, 3.8) is 0 Å². The number of amides is 1. The molecule has 0 spiro atoms. The Balaban J connectivity index is 1.61. The molecule has 2 N–H and O–H groups in total. The molecule has 0 bridgehead atoms. The molecule has 1 amide bonds. The highest BCUT2D eigenvalue weighted by atomic mass is 32.2. The van der Waals surface area contributed by atoms with Crippen molar-refractivity contribution in [2.75, 3.05) is 0 Å². The van der Waals surface area contributed by atoms with Gasteiger partial charge in [0, 0.05) is 30.7 Å². The molecule has 0 aliphatic rings. The van der Waals surface area contributed by atoms with E-state index in [2.05, 4.69) is 20.0 Å². The van der Waals surface area contributed by atoms with E-state index in [0.29, 0.717) is 17.8 Å². The van der Waals surface area contributed by atoms with Gasteiger partial charge >= 0.3 is 0 Å². The van der Waals surface area contributed by atoms with E-state index >= 15 is 0 Å². The maximum atomic E-state index is 12.4. The van der Waals surface area contributed by atoms with Crippen LogP contribution in [0.4, 0.5) is 0 Å². The van der Waals surface area contributed by atoms with Crippen molar-refractivity contribution in [1.29, 1.82) is 0 Å². The Bertz CT molecular complexity index is 992. The van der Waals surface area contributed by atoms with Gasteiger partial charge in [-0.3, -0.25) is 14.8 Å². The molecule has 0 fully saturated rings. The molecule has 0 unspecified atom stereocenters. The van der Waals surface area contributed by atoms with Crippen LogP contribution >= 0.6 is 0 Å². The van der Waals surface area contributed by atoms with Crippen LogP contribution < -0.4 is 10.0 Å². The fourth-order valence-electron chi connectivity index (χ4n) is 2.33. The average molecular weight is 382 g/mol. The lowest BCUT2D eigenvalue weighted by molar-refractivity contribution is 0.0951. The first kappa shape index (κ1) is 18.7. The Hall–Kier alpha value is -3.10. The lowest BCUT2D eigenvalue weighted by Gasteiger charge is -2.08. The van der Waals surface area contributed by atoms with E-state index in [1.807, 2.05) is 12.1 Å². The smallest absolute Gasteiger partial charge is 0.251 e. The molecule has 3 aromatic rings. The topological polar surface area (TPSA) is 101 Å². The first-order chi connectivity index (χ1) is 13.0. The Morgan fingerprint density at radius 1 is 0.889 bits per heavy atom. The van der Waals surface area contributed by atoms with Crippen LogP contribution in [0.1, 0.15) is 21.6 Å². The highest BCUT2D eigenvalue weighted by Crippen LogP contribution is 2.11. The molecule has 0 aliphatic carbocycles. The molecule has 7 nitrogen and oxygen atoms in total. The first-order valence-electron chi connectivity index (χ1n) is 8.21. The molecule has 0 atom stereocenters. The summed E-state index contributed by atoms with van der Waals surface area (Å²) >= 11 is 0. The zero-order valence-electron chi connectivity index (χ0n) is 14.4. The second-order valence-electron chi connectivity index (χ2n) is 5.71. The number of nitrogens with one attached hydrogen (secondary N) is 2. The van der Waals surface area contributed by atoms with Gasteiger partial charge in [0.15, 0.2) is 0 Å². The summed E-state index contributed by atoms with van der Waals surface area (Å²) in [7, 11) is -3.68.